The lowest BCUT2D eigenvalue weighted by Crippen LogP contribution is -2.30. The Bertz CT molecular complexity index is 776. The molecular weight excluding hydrogens is 296 g/mol. The van der Waals surface area contributed by atoms with Gasteiger partial charge in [0.15, 0.2) is 0 Å². The molecule has 0 aliphatic heterocycles. The number of hydrogen-bond acceptors (Lipinski definition) is 1. The van der Waals surface area contributed by atoms with Gasteiger partial charge in [0.05, 0.1) is 5.92 Å². The van der Waals surface area contributed by atoms with E-state index in [1.807, 2.05) is 81.0 Å². The number of amides is 1. The van der Waals surface area contributed by atoms with Crippen LogP contribution in [0, 0.1) is 0 Å². The van der Waals surface area contributed by atoms with Crippen LogP contribution in [0.3, 0.4) is 0 Å². The van der Waals surface area contributed by atoms with Gasteiger partial charge in [-0.25, -0.2) is 0 Å². The highest BCUT2D eigenvalue weighted by atomic mass is 16.2. The fraction of sp³-hybridized carbons (Fsp3) is 0.190. The molecule has 2 aromatic carbocycles. The number of nitrogens with zero attached hydrogens (tertiary/aromatic N) is 2. The van der Waals surface area contributed by atoms with Crippen molar-refractivity contribution in [2.75, 3.05) is 7.05 Å². The average molecular weight is 318 g/mol. The van der Waals surface area contributed by atoms with E-state index in [1.165, 1.54) is 0 Å². The maximum absolute atomic E-state index is 12.7. The summed E-state index contributed by atoms with van der Waals surface area (Å²) < 4.78 is 2.05. The molecule has 3 heteroatoms. The smallest absolute Gasteiger partial charge is 0.229 e. The fourth-order valence-corrected chi connectivity index (χ4v) is 2.85. The van der Waals surface area contributed by atoms with Gasteiger partial charge in [-0.1, -0.05) is 42.5 Å². The minimum atomic E-state index is -0.155. The fourth-order valence-electron chi connectivity index (χ4n) is 2.85. The van der Waals surface area contributed by atoms with Gasteiger partial charge < -0.3 is 9.47 Å². The topological polar surface area (TPSA) is 25.2 Å². The SMILES string of the molecule is CC(C(=O)N(C)Cc1ccccc1)c1ccc(-n2cccc2)cc1. The van der Waals surface area contributed by atoms with Crippen LogP contribution in [-0.4, -0.2) is 22.4 Å². The summed E-state index contributed by atoms with van der Waals surface area (Å²) >= 11 is 0. The predicted molar refractivity (Wildman–Crippen MR) is 97.1 cm³/mol. The van der Waals surface area contributed by atoms with Crippen molar-refractivity contribution in [1.82, 2.24) is 9.47 Å². The van der Waals surface area contributed by atoms with Crippen molar-refractivity contribution in [2.24, 2.45) is 0 Å². The highest BCUT2D eigenvalue weighted by Gasteiger charge is 2.19. The molecule has 0 radical (unpaired) electrons. The second-order valence-corrected chi connectivity index (χ2v) is 6.08. The molecule has 1 atom stereocenters. The standard InChI is InChI=1S/C21H22N2O/c1-17(21(24)22(2)16-18-8-4-3-5-9-18)19-10-12-20(13-11-19)23-14-6-7-15-23/h3-15,17H,16H2,1-2H3. The number of benzene rings is 2. The number of aromatic nitrogens is 1. The molecule has 0 N–H and O–H groups in total. The van der Waals surface area contributed by atoms with Crippen molar-refractivity contribution in [3.8, 4) is 5.69 Å². The van der Waals surface area contributed by atoms with Gasteiger partial charge in [0, 0.05) is 31.7 Å². The van der Waals surface area contributed by atoms with E-state index in [4.69, 9.17) is 0 Å². The largest absolute Gasteiger partial charge is 0.341 e. The summed E-state index contributed by atoms with van der Waals surface area (Å²) in [7, 11) is 1.86. The van der Waals surface area contributed by atoms with Crippen LogP contribution in [0.15, 0.2) is 79.1 Å². The number of carbonyl (C=O) groups is 1. The Morgan fingerprint density at radius 1 is 0.958 bits per heavy atom. The van der Waals surface area contributed by atoms with E-state index in [0.717, 1.165) is 16.8 Å². The lowest BCUT2D eigenvalue weighted by atomic mass is 9.99. The Hall–Kier alpha value is -2.81. The molecular formula is C21H22N2O. The molecule has 0 aliphatic rings. The van der Waals surface area contributed by atoms with Gasteiger partial charge >= 0.3 is 0 Å². The molecule has 0 spiro atoms. The molecule has 1 aromatic heterocycles. The Kier molecular flexibility index (Phi) is 4.80. The van der Waals surface area contributed by atoms with Gasteiger partial charge in [0.2, 0.25) is 5.91 Å². The maximum Gasteiger partial charge on any atom is 0.229 e. The lowest BCUT2D eigenvalue weighted by molar-refractivity contribution is -0.131. The van der Waals surface area contributed by atoms with Gasteiger partial charge in [0.25, 0.3) is 0 Å². The second kappa shape index (κ2) is 7.18. The van der Waals surface area contributed by atoms with E-state index in [9.17, 15) is 4.79 Å². The summed E-state index contributed by atoms with van der Waals surface area (Å²) in [5.74, 6) is -0.0232. The van der Waals surface area contributed by atoms with Crippen LogP contribution in [0.25, 0.3) is 5.69 Å². The zero-order chi connectivity index (χ0) is 16.9. The monoisotopic (exact) mass is 318 g/mol. The normalized spacial score (nSPS) is 11.9. The molecule has 0 bridgehead atoms. The molecule has 0 saturated carbocycles. The van der Waals surface area contributed by atoms with Crippen LogP contribution < -0.4 is 0 Å². The third-order valence-corrected chi connectivity index (χ3v) is 4.30. The third-order valence-electron chi connectivity index (χ3n) is 4.30. The minimum Gasteiger partial charge on any atom is -0.341 e. The van der Waals surface area contributed by atoms with Crippen molar-refractivity contribution < 1.29 is 4.79 Å². The lowest BCUT2D eigenvalue weighted by Gasteiger charge is -2.22. The Morgan fingerprint density at radius 2 is 1.58 bits per heavy atom. The molecule has 1 unspecified atom stereocenters. The van der Waals surface area contributed by atoms with Crippen molar-refractivity contribution in [3.63, 3.8) is 0 Å². The molecule has 3 nitrogen and oxygen atoms in total. The zero-order valence-corrected chi connectivity index (χ0v) is 14.1. The van der Waals surface area contributed by atoms with Gasteiger partial charge in [-0.3, -0.25) is 4.79 Å². The number of carbonyl (C=O) groups excluding carboxylic acids is 1. The Labute approximate surface area is 143 Å². The van der Waals surface area contributed by atoms with E-state index in [1.54, 1.807) is 4.90 Å². The van der Waals surface area contributed by atoms with Gasteiger partial charge in [-0.05, 0) is 42.3 Å². The first-order valence-corrected chi connectivity index (χ1v) is 8.17. The summed E-state index contributed by atoms with van der Waals surface area (Å²) in [6.45, 7) is 2.60. The predicted octanol–water partition coefficient (Wildman–Crippen LogP) is 4.24. The Morgan fingerprint density at radius 3 is 2.21 bits per heavy atom. The molecule has 24 heavy (non-hydrogen) atoms. The number of rotatable bonds is 5. The van der Waals surface area contributed by atoms with E-state index in [-0.39, 0.29) is 11.8 Å². The highest BCUT2D eigenvalue weighted by Crippen LogP contribution is 2.20. The third kappa shape index (κ3) is 3.57. The number of likely N-dealkylation sites (N-methyl/N-ethyl adjacent to an activating group) is 1. The van der Waals surface area contributed by atoms with Crippen LogP contribution in [0.5, 0.6) is 0 Å². The molecule has 1 heterocycles. The molecule has 1 amide bonds. The van der Waals surface area contributed by atoms with E-state index in [0.29, 0.717) is 6.54 Å². The first kappa shape index (κ1) is 16.1. The van der Waals surface area contributed by atoms with Gasteiger partial charge in [0.1, 0.15) is 0 Å². The van der Waals surface area contributed by atoms with Crippen molar-refractivity contribution in [2.45, 2.75) is 19.4 Å². The van der Waals surface area contributed by atoms with E-state index >= 15 is 0 Å². The molecule has 3 aromatic rings. The quantitative estimate of drug-likeness (QED) is 0.691. The number of hydrogen-bond donors (Lipinski definition) is 0. The van der Waals surface area contributed by atoms with Crippen LogP contribution in [0.2, 0.25) is 0 Å². The second-order valence-electron chi connectivity index (χ2n) is 6.08. The van der Waals surface area contributed by atoms with Gasteiger partial charge in [-0.2, -0.15) is 0 Å². The van der Waals surface area contributed by atoms with Crippen LogP contribution in [0.1, 0.15) is 24.0 Å². The van der Waals surface area contributed by atoms with E-state index in [2.05, 4.69) is 16.7 Å². The summed E-state index contributed by atoms with van der Waals surface area (Å²) in [6.07, 6.45) is 4.02. The van der Waals surface area contributed by atoms with Gasteiger partial charge in [-0.15, -0.1) is 0 Å². The minimum absolute atomic E-state index is 0.132. The van der Waals surface area contributed by atoms with Crippen LogP contribution in [-0.2, 0) is 11.3 Å². The summed E-state index contributed by atoms with van der Waals surface area (Å²) in [5.41, 5.74) is 3.28. The van der Waals surface area contributed by atoms with E-state index < -0.39 is 0 Å². The van der Waals surface area contributed by atoms with Crippen molar-refractivity contribution >= 4 is 5.91 Å². The first-order chi connectivity index (χ1) is 11.6. The molecule has 0 fully saturated rings. The summed E-state index contributed by atoms with van der Waals surface area (Å²) in [4.78, 5) is 14.5. The first-order valence-electron chi connectivity index (χ1n) is 8.17. The molecule has 0 aliphatic carbocycles. The molecule has 0 saturated heterocycles. The van der Waals surface area contributed by atoms with Crippen molar-refractivity contribution in [3.05, 3.63) is 90.3 Å². The molecule has 122 valence electrons. The average Bonchev–Trinajstić information content (AvgIpc) is 3.16. The molecule has 3 rings (SSSR count). The van der Waals surface area contributed by atoms with Crippen molar-refractivity contribution in [1.29, 1.82) is 0 Å². The zero-order valence-electron chi connectivity index (χ0n) is 14.1. The van der Waals surface area contributed by atoms with Crippen LogP contribution in [0.4, 0.5) is 0 Å². The summed E-state index contributed by atoms with van der Waals surface area (Å²) in [6, 6.07) is 22.2. The maximum atomic E-state index is 12.7. The Balaban J connectivity index is 1.68. The van der Waals surface area contributed by atoms with Crippen LogP contribution >= 0.6 is 0 Å². The summed E-state index contributed by atoms with van der Waals surface area (Å²) in [5, 5.41) is 0. The highest BCUT2D eigenvalue weighted by molar-refractivity contribution is 5.83.